The highest BCUT2D eigenvalue weighted by Crippen LogP contribution is 2.29. The van der Waals surface area contributed by atoms with Gasteiger partial charge in [-0.05, 0) is 31.5 Å². The van der Waals surface area contributed by atoms with E-state index < -0.39 is 6.10 Å². The van der Waals surface area contributed by atoms with Crippen molar-refractivity contribution in [2.45, 2.75) is 20.0 Å². The van der Waals surface area contributed by atoms with Gasteiger partial charge in [0.2, 0.25) is 0 Å². The molecule has 0 bridgehead atoms. The smallest absolute Gasteiger partial charge is 0.107 e. The van der Waals surface area contributed by atoms with Crippen LogP contribution in [0.4, 0.5) is 0 Å². The second-order valence-corrected chi connectivity index (χ2v) is 5.01. The van der Waals surface area contributed by atoms with Crippen LogP contribution in [-0.2, 0) is 0 Å². The molecule has 2 rings (SSSR count). The summed E-state index contributed by atoms with van der Waals surface area (Å²) in [7, 11) is 0. The van der Waals surface area contributed by atoms with E-state index in [2.05, 4.69) is 20.9 Å². The predicted molar refractivity (Wildman–Crippen MR) is 71.9 cm³/mol. The topological polar surface area (TPSA) is 33.1 Å². The molecule has 1 aromatic heterocycles. The van der Waals surface area contributed by atoms with Gasteiger partial charge in [-0.2, -0.15) is 0 Å². The Kier molecular flexibility index (Phi) is 3.60. The van der Waals surface area contributed by atoms with Gasteiger partial charge in [-0.25, -0.2) is 0 Å². The van der Waals surface area contributed by atoms with Gasteiger partial charge in [0.25, 0.3) is 0 Å². The van der Waals surface area contributed by atoms with Gasteiger partial charge in [0, 0.05) is 21.9 Å². The fourth-order valence-corrected chi connectivity index (χ4v) is 2.16. The first kappa shape index (κ1) is 12.3. The first-order chi connectivity index (χ1) is 8.08. The lowest BCUT2D eigenvalue weighted by Crippen LogP contribution is -2.02. The zero-order valence-corrected chi connectivity index (χ0v) is 11.4. The summed E-state index contributed by atoms with van der Waals surface area (Å²) in [6.07, 6.45) is 1.08. The van der Waals surface area contributed by atoms with Crippen molar-refractivity contribution < 1.29 is 5.11 Å². The monoisotopic (exact) mass is 291 g/mol. The second kappa shape index (κ2) is 4.98. The lowest BCUT2D eigenvalue weighted by molar-refractivity contribution is 0.219. The molecule has 0 amide bonds. The van der Waals surface area contributed by atoms with Crippen LogP contribution in [0, 0.1) is 13.8 Å². The number of benzene rings is 1. The van der Waals surface area contributed by atoms with E-state index in [0.717, 1.165) is 26.9 Å². The molecule has 0 radical (unpaired) electrons. The van der Waals surface area contributed by atoms with Crippen LogP contribution in [0.5, 0.6) is 0 Å². The molecule has 1 heterocycles. The average Bonchev–Trinajstić information content (AvgIpc) is 2.32. The summed E-state index contributed by atoms with van der Waals surface area (Å²) >= 11 is 3.46. The molecule has 1 N–H and O–H groups in total. The molecule has 0 saturated carbocycles. The fourth-order valence-electron chi connectivity index (χ4n) is 1.69. The number of pyridine rings is 1. The normalized spacial score (nSPS) is 12.5. The minimum absolute atomic E-state index is 0.641. The van der Waals surface area contributed by atoms with Gasteiger partial charge in [-0.3, -0.25) is 4.98 Å². The van der Waals surface area contributed by atoms with E-state index in [0.29, 0.717) is 0 Å². The minimum atomic E-state index is -0.641. The third kappa shape index (κ3) is 2.73. The highest BCUT2D eigenvalue weighted by Gasteiger charge is 2.13. The van der Waals surface area contributed by atoms with E-state index in [-0.39, 0.29) is 0 Å². The molecule has 0 aliphatic carbocycles. The molecule has 0 fully saturated rings. The number of aromatic nitrogens is 1. The first-order valence-electron chi connectivity index (χ1n) is 5.44. The second-order valence-electron chi connectivity index (χ2n) is 4.16. The van der Waals surface area contributed by atoms with Gasteiger partial charge >= 0.3 is 0 Å². The Balaban J connectivity index is 2.39. The van der Waals surface area contributed by atoms with E-state index >= 15 is 0 Å². The molecule has 2 nitrogen and oxygen atoms in total. The standard InChI is InChI=1S/C14H14BrNO/c1-9-3-6-13(15)12(7-9)14(17)11-5-4-10(2)16-8-11/h3-8,14,17H,1-2H3. The fraction of sp³-hybridized carbons (Fsp3) is 0.214. The zero-order valence-electron chi connectivity index (χ0n) is 9.81. The summed E-state index contributed by atoms with van der Waals surface area (Å²) in [6, 6.07) is 9.75. The van der Waals surface area contributed by atoms with Crippen LogP contribution in [0.15, 0.2) is 41.0 Å². The van der Waals surface area contributed by atoms with Crippen LogP contribution in [-0.4, -0.2) is 10.1 Å². The maximum Gasteiger partial charge on any atom is 0.107 e. The number of hydrogen-bond donors (Lipinski definition) is 1. The molecular weight excluding hydrogens is 278 g/mol. The molecule has 0 spiro atoms. The molecule has 1 aromatic carbocycles. The minimum Gasteiger partial charge on any atom is -0.384 e. The summed E-state index contributed by atoms with van der Waals surface area (Å²) in [6.45, 7) is 3.94. The Labute approximate surface area is 109 Å². The number of aliphatic hydroxyl groups is 1. The van der Waals surface area contributed by atoms with Crippen molar-refractivity contribution in [1.82, 2.24) is 4.98 Å². The van der Waals surface area contributed by atoms with Crippen molar-refractivity contribution in [3.63, 3.8) is 0 Å². The number of rotatable bonds is 2. The van der Waals surface area contributed by atoms with Crippen LogP contribution in [0.1, 0.15) is 28.5 Å². The van der Waals surface area contributed by atoms with Gasteiger partial charge in [0.1, 0.15) is 6.10 Å². The number of hydrogen-bond acceptors (Lipinski definition) is 2. The van der Waals surface area contributed by atoms with Crippen molar-refractivity contribution >= 4 is 15.9 Å². The van der Waals surface area contributed by atoms with Gasteiger partial charge < -0.3 is 5.11 Å². The molecule has 2 aromatic rings. The number of aliphatic hydroxyl groups excluding tert-OH is 1. The van der Waals surface area contributed by atoms with Crippen molar-refractivity contribution in [3.05, 3.63) is 63.4 Å². The Hall–Kier alpha value is -1.19. The summed E-state index contributed by atoms with van der Waals surface area (Å²) in [5.74, 6) is 0. The van der Waals surface area contributed by atoms with E-state index in [1.165, 1.54) is 0 Å². The third-order valence-corrected chi connectivity index (χ3v) is 3.42. The van der Waals surface area contributed by atoms with Crippen molar-refractivity contribution in [2.75, 3.05) is 0 Å². The van der Waals surface area contributed by atoms with Gasteiger partial charge in [-0.15, -0.1) is 0 Å². The maximum absolute atomic E-state index is 10.3. The van der Waals surface area contributed by atoms with Crippen LogP contribution >= 0.6 is 15.9 Å². The van der Waals surface area contributed by atoms with Crippen LogP contribution in [0.2, 0.25) is 0 Å². The van der Waals surface area contributed by atoms with E-state index in [9.17, 15) is 5.11 Å². The van der Waals surface area contributed by atoms with Gasteiger partial charge in [-0.1, -0.05) is 39.7 Å². The zero-order chi connectivity index (χ0) is 12.4. The van der Waals surface area contributed by atoms with Gasteiger partial charge in [0.15, 0.2) is 0 Å². The molecule has 3 heteroatoms. The Bertz CT molecular complexity index is 522. The number of nitrogens with zero attached hydrogens (tertiary/aromatic N) is 1. The molecule has 1 unspecified atom stereocenters. The van der Waals surface area contributed by atoms with Gasteiger partial charge in [0.05, 0.1) is 0 Å². The number of halogens is 1. The third-order valence-electron chi connectivity index (χ3n) is 2.70. The van der Waals surface area contributed by atoms with E-state index in [1.807, 2.05) is 44.2 Å². The average molecular weight is 292 g/mol. The van der Waals surface area contributed by atoms with E-state index in [4.69, 9.17) is 0 Å². The maximum atomic E-state index is 10.3. The lowest BCUT2D eigenvalue weighted by Gasteiger charge is -2.14. The summed E-state index contributed by atoms with van der Waals surface area (Å²) in [4.78, 5) is 4.20. The molecule has 17 heavy (non-hydrogen) atoms. The van der Waals surface area contributed by atoms with Crippen molar-refractivity contribution in [2.24, 2.45) is 0 Å². The summed E-state index contributed by atoms with van der Waals surface area (Å²) < 4.78 is 0.913. The van der Waals surface area contributed by atoms with E-state index in [1.54, 1.807) is 6.20 Å². The molecular formula is C14H14BrNO. The van der Waals surface area contributed by atoms with Crippen LogP contribution in [0.25, 0.3) is 0 Å². The highest BCUT2D eigenvalue weighted by molar-refractivity contribution is 9.10. The number of aryl methyl sites for hydroxylation is 2. The summed E-state index contributed by atoms with van der Waals surface area (Å²) in [5, 5.41) is 10.3. The Morgan fingerprint density at radius 3 is 2.59 bits per heavy atom. The first-order valence-corrected chi connectivity index (χ1v) is 6.24. The molecule has 0 saturated heterocycles. The molecule has 0 aliphatic heterocycles. The molecule has 0 aliphatic rings. The quantitative estimate of drug-likeness (QED) is 0.918. The molecule has 88 valence electrons. The molecule has 1 atom stereocenters. The highest BCUT2D eigenvalue weighted by atomic mass is 79.9. The largest absolute Gasteiger partial charge is 0.384 e. The van der Waals surface area contributed by atoms with Crippen molar-refractivity contribution in [1.29, 1.82) is 0 Å². The summed E-state index contributed by atoms with van der Waals surface area (Å²) in [5.41, 5.74) is 3.75. The lowest BCUT2D eigenvalue weighted by atomic mass is 10.0. The Morgan fingerprint density at radius 1 is 1.18 bits per heavy atom. The van der Waals surface area contributed by atoms with Crippen molar-refractivity contribution in [3.8, 4) is 0 Å². The SMILES string of the molecule is Cc1ccc(Br)c(C(O)c2ccc(C)nc2)c1. The van der Waals surface area contributed by atoms with Crippen LogP contribution < -0.4 is 0 Å². The Morgan fingerprint density at radius 2 is 1.94 bits per heavy atom. The predicted octanol–water partition coefficient (Wildman–Crippen LogP) is 3.54. The van der Waals surface area contributed by atoms with Crippen LogP contribution in [0.3, 0.4) is 0 Å².